The van der Waals surface area contributed by atoms with E-state index in [0.29, 0.717) is 42.0 Å². The summed E-state index contributed by atoms with van der Waals surface area (Å²) in [5.74, 6) is -1.38. The van der Waals surface area contributed by atoms with E-state index in [1.807, 2.05) is 56.3 Å². The SMILES string of the molecule is CC(C)C1=C([C@H](O)CC/C(=C/c2ccc(CO)o2)c2ccccc2)[C@H](CO)[C@@H]2C(=O)N(c3ccccc3)C(=O)[C@@H]2C1. The Morgan fingerprint density at radius 2 is 1.66 bits per heavy atom. The van der Waals surface area contributed by atoms with Gasteiger partial charge in [-0.2, -0.15) is 0 Å². The van der Waals surface area contributed by atoms with Crippen molar-refractivity contribution < 1.29 is 29.3 Å². The number of nitrogens with zero attached hydrogens (tertiary/aromatic N) is 1. The van der Waals surface area contributed by atoms with E-state index in [1.165, 1.54) is 4.90 Å². The number of fused-ring (bicyclic) bond motifs is 1. The third kappa shape index (κ3) is 5.71. The highest BCUT2D eigenvalue weighted by atomic mass is 16.4. The van der Waals surface area contributed by atoms with Gasteiger partial charge < -0.3 is 19.7 Å². The summed E-state index contributed by atoms with van der Waals surface area (Å²) in [5, 5.41) is 31.7. The average molecular weight is 556 g/mol. The van der Waals surface area contributed by atoms with Gasteiger partial charge in [0, 0.05) is 5.92 Å². The number of furan rings is 1. The molecule has 2 heterocycles. The quantitative estimate of drug-likeness (QED) is 0.234. The standard InChI is InChI=1S/C34H37NO6/c1-21(2)27-18-28-32(34(40)35(33(28)39)24-11-7-4-8-12-24)29(20-37)31(27)30(38)16-13-23(22-9-5-3-6-10-22)17-25-14-15-26(19-36)41-25/h3-12,14-15,17,21,28-30,32,36-38H,13,16,18-20H2,1-2H3/b23-17-/t28-,29+,30-,32-/m1/s1. The second-order valence-electron chi connectivity index (χ2n) is 11.2. The number of benzene rings is 2. The second kappa shape index (κ2) is 12.4. The normalized spacial score (nSPS) is 22.0. The van der Waals surface area contributed by atoms with Crippen LogP contribution in [0.5, 0.6) is 0 Å². The van der Waals surface area contributed by atoms with Crippen LogP contribution in [0.25, 0.3) is 11.6 Å². The smallest absolute Gasteiger partial charge is 0.238 e. The number of amides is 2. The van der Waals surface area contributed by atoms with Gasteiger partial charge in [-0.15, -0.1) is 0 Å². The van der Waals surface area contributed by atoms with Crippen molar-refractivity contribution >= 4 is 29.2 Å². The van der Waals surface area contributed by atoms with Gasteiger partial charge in [0.25, 0.3) is 0 Å². The van der Waals surface area contributed by atoms with Gasteiger partial charge in [-0.1, -0.05) is 68.0 Å². The van der Waals surface area contributed by atoms with Crippen LogP contribution in [-0.4, -0.2) is 39.8 Å². The molecule has 1 fully saturated rings. The number of para-hydroxylation sites is 1. The van der Waals surface area contributed by atoms with Gasteiger partial charge in [0.1, 0.15) is 18.1 Å². The maximum Gasteiger partial charge on any atom is 0.238 e. The lowest BCUT2D eigenvalue weighted by Crippen LogP contribution is -2.39. The lowest BCUT2D eigenvalue weighted by molar-refractivity contribution is -0.123. The molecular formula is C34H37NO6. The maximum atomic E-state index is 13.7. The maximum absolute atomic E-state index is 13.7. The summed E-state index contributed by atoms with van der Waals surface area (Å²) >= 11 is 0. The van der Waals surface area contributed by atoms with Gasteiger partial charge in [-0.25, -0.2) is 0 Å². The lowest BCUT2D eigenvalue weighted by Gasteiger charge is -2.38. The first-order chi connectivity index (χ1) is 19.8. The van der Waals surface area contributed by atoms with E-state index in [2.05, 4.69) is 0 Å². The fraction of sp³-hybridized carbons (Fsp3) is 0.353. The number of imide groups is 1. The van der Waals surface area contributed by atoms with Crippen molar-refractivity contribution in [2.75, 3.05) is 11.5 Å². The molecule has 0 bridgehead atoms. The zero-order valence-corrected chi connectivity index (χ0v) is 23.4. The van der Waals surface area contributed by atoms with Gasteiger partial charge in [0.05, 0.1) is 30.2 Å². The molecule has 0 spiro atoms. The molecule has 2 amide bonds. The number of carbonyl (C=O) groups excluding carboxylic acids is 2. The monoisotopic (exact) mass is 555 g/mol. The first kappa shape index (κ1) is 28.7. The summed E-state index contributed by atoms with van der Waals surface area (Å²) in [6.45, 7) is 3.53. The van der Waals surface area contributed by atoms with Crippen LogP contribution in [0.2, 0.25) is 0 Å². The molecule has 214 valence electrons. The molecule has 7 heteroatoms. The minimum Gasteiger partial charge on any atom is -0.459 e. The summed E-state index contributed by atoms with van der Waals surface area (Å²) < 4.78 is 5.70. The molecule has 5 rings (SSSR count). The number of carbonyl (C=O) groups is 2. The molecule has 4 atom stereocenters. The van der Waals surface area contributed by atoms with Gasteiger partial charge >= 0.3 is 0 Å². The summed E-state index contributed by atoms with van der Waals surface area (Å²) in [7, 11) is 0. The highest BCUT2D eigenvalue weighted by Gasteiger charge is 2.55. The minimum absolute atomic E-state index is 0.0347. The van der Waals surface area contributed by atoms with Crippen LogP contribution in [0.3, 0.4) is 0 Å². The fourth-order valence-corrected chi connectivity index (χ4v) is 6.40. The Balaban J connectivity index is 1.45. The Morgan fingerprint density at radius 3 is 2.27 bits per heavy atom. The Morgan fingerprint density at radius 1 is 0.976 bits per heavy atom. The van der Waals surface area contributed by atoms with Gasteiger partial charge in [-0.3, -0.25) is 14.5 Å². The molecular weight excluding hydrogens is 518 g/mol. The highest BCUT2D eigenvalue weighted by molar-refractivity contribution is 6.22. The summed E-state index contributed by atoms with van der Waals surface area (Å²) in [5.41, 5.74) is 4.09. The molecule has 3 N–H and O–H groups in total. The molecule has 3 aromatic rings. The van der Waals surface area contributed by atoms with Crippen molar-refractivity contribution in [3.8, 4) is 0 Å². The van der Waals surface area contributed by atoms with Crippen LogP contribution in [0, 0.1) is 23.7 Å². The number of aliphatic hydroxyl groups is 3. The van der Waals surface area contributed by atoms with Crippen molar-refractivity contribution in [3.05, 3.63) is 101 Å². The van der Waals surface area contributed by atoms with Crippen LogP contribution in [-0.2, 0) is 16.2 Å². The molecule has 7 nitrogen and oxygen atoms in total. The van der Waals surface area contributed by atoms with E-state index in [0.717, 1.165) is 16.7 Å². The third-order valence-electron chi connectivity index (χ3n) is 8.37. The van der Waals surface area contributed by atoms with Crippen molar-refractivity contribution in [1.29, 1.82) is 0 Å². The van der Waals surface area contributed by atoms with Crippen LogP contribution >= 0.6 is 0 Å². The van der Waals surface area contributed by atoms with Crippen LogP contribution in [0.4, 0.5) is 5.69 Å². The predicted octanol–water partition coefficient (Wildman–Crippen LogP) is 5.22. The van der Waals surface area contributed by atoms with Crippen LogP contribution in [0.1, 0.15) is 50.2 Å². The molecule has 1 aliphatic carbocycles. The van der Waals surface area contributed by atoms with Crippen molar-refractivity contribution in [2.45, 2.75) is 45.8 Å². The van der Waals surface area contributed by atoms with E-state index in [1.54, 1.807) is 36.4 Å². The fourth-order valence-electron chi connectivity index (χ4n) is 6.40. The first-order valence-corrected chi connectivity index (χ1v) is 14.2. The van der Waals surface area contributed by atoms with E-state index >= 15 is 0 Å². The first-order valence-electron chi connectivity index (χ1n) is 14.2. The molecule has 1 aliphatic heterocycles. The summed E-state index contributed by atoms with van der Waals surface area (Å²) in [4.78, 5) is 28.5. The van der Waals surface area contributed by atoms with Crippen LogP contribution < -0.4 is 4.90 Å². The molecule has 2 aromatic carbocycles. The molecule has 0 unspecified atom stereocenters. The summed E-state index contributed by atoms with van der Waals surface area (Å²) in [6, 6.07) is 22.3. The Hall–Kier alpha value is -3.78. The predicted molar refractivity (Wildman–Crippen MR) is 157 cm³/mol. The molecule has 0 saturated carbocycles. The average Bonchev–Trinajstić information content (AvgIpc) is 3.56. The van der Waals surface area contributed by atoms with E-state index < -0.39 is 23.9 Å². The highest BCUT2D eigenvalue weighted by Crippen LogP contribution is 2.49. The molecule has 0 radical (unpaired) electrons. The number of rotatable bonds is 10. The Bertz CT molecular complexity index is 1440. The van der Waals surface area contributed by atoms with Crippen molar-refractivity contribution in [1.82, 2.24) is 0 Å². The topological polar surface area (TPSA) is 111 Å². The number of allylic oxidation sites excluding steroid dienone is 2. The van der Waals surface area contributed by atoms with E-state index in [4.69, 9.17) is 4.42 Å². The molecule has 2 aliphatic rings. The summed E-state index contributed by atoms with van der Waals surface area (Å²) in [6.07, 6.45) is 2.26. The number of anilines is 1. The van der Waals surface area contributed by atoms with Gasteiger partial charge in [0.15, 0.2) is 0 Å². The Kier molecular flexibility index (Phi) is 8.68. The van der Waals surface area contributed by atoms with E-state index in [-0.39, 0.29) is 30.9 Å². The van der Waals surface area contributed by atoms with Gasteiger partial charge in [0.2, 0.25) is 11.8 Å². The van der Waals surface area contributed by atoms with Crippen molar-refractivity contribution in [3.63, 3.8) is 0 Å². The zero-order valence-electron chi connectivity index (χ0n) is 23.4. The lowest BCUT2D eigenvalue weighted by atomic mass is 9.66. The third-order valence-corrected chi connectivity index (χ3v) is 8.37. The number of hydrogen-bond acceptors (Lipinski definition) is 6. The number of hydrogen-bond donors (Lipinski definition) is 3. The minimum atomic E-state index is -0.907. The molecule has 1 aromatic heterocycles. The van der Waals surface area contributed by atoms with Crippen molar-refractivity contribution in [2.24, 2.45) is 23.7 Å². The molecule has 41 heavy (non-hydrogen) atoms. The van der Waals surface area contributed by atoms with Crippen LogP contribution in [0.15, 0.2) is 88.4 Å². The zero-order chi connectivity index (χ0) is 29.1. The second-order valence-corrected chi connectivity index (χ2v) is 11.2. The van der Waals surface area contributed by atoms with E-state index in [9.17, 15) is 24.9 Å². The molecule has 1 saturated heterocycles. The van der Waals surface area contributed by atoms with Gasteiger partial charge in [-0.05, 0) is 72.2 Å². The number of aliphatic hydroxyl groups excluding tert-OH is 3. The largest absolute Gasteiger partial charge is 0.459 e. The Labute approximate surface area is 240 Å².